The van der Waals surface area contributed by atoms with Crippen LogP contribution in [-0.4, -0.2) is 118 Å². The molecule has 0 N–H and O–H groups in total. The van der Waals surface area contributed by atoms with Gasteiger partial charge in [-0.15, -0.1) is 0 Å². The maximum atomic E-state index is 13.3. The van der Waals surface area contributed by atoms with Gasteiger partial charge in [-0.2, -0.15) is 26.3 Å². The van der Waals surface area contributed by atoms with Crippen molar-refractivity contribution in [2.75, 3.05) is 14.1 Å². The van der Waals surface area contributed by atoms with E-state index in [2.05, 4.69) is 14.2 Å². The molecule has 15 nitrogen and oxygen atoms in total. The predicted molar refractivity (Wildman–Crippen MR) is 177 cm³/mol. The largest absolute Gasteiger partial charge is 0.405 e. The van der Waals surface area contributed by atoms with E-state index in [1.807, 2.05) is 6.92 Å². The Hall–Kier alpha value is -5.00. The molecule has 5 rings (SSSR count). The summed E-state index contributed by atoms with van der Waals surface area (Å²) in [4.78, 5) is 109. The first-order valence-electron chi connectivity index (χ1n) is 17.3. The molecule has 5 aliphatic heterocycles. The van der Waals surface area contributed by atoms with Crippen molar-refractivity contribution >= 4 is 59.4 Å². The fraction of sp³-hybridized carbons (Fsp3) is 0.714. The topological polar surface area (TPSA) is 205 Å². The van der Waals surface area contributed by atoms with E-state index < -0.39 is 117 Å². The zero-order chi connectivity index (χ0) is 48.1. The summed E-state index contributed by atoms with van der Waals surface area (Å²) < 4.78 is 139. The standard InChI is InChI=1S/C8H10F3NO2.C7H7F3O3.C7H9F2NO2.C7H10O3.C6H6F2O3/c1-4-5(13)12(3)6(14)7(4,2)8(9,10)11;1-3-4(11)13-5(12)6(3,2)7(8,9)10;1-6(8)4(11)10(3)5(12)7(6,2)9;1-3-7(2)4-5(8)10-6(7)9;1-5(7)3(9)11-4(10)6(5,2)8/h4H,1-3H3;3H,1-2H3;1-3H3;3-4H2,1-2H3;1-2H3. The molecule has 4 amide bonds. The number of alkyl halides is 10. The van der Waals surface area contributed by atoms with E-state index in [-0.39, 0.29) is 12.4 Å². The van der Waals surface area contributed by atoms with Crippen LogP contribution in [0.4, 0.5) is 43.9 Å². The van der Waals surface area contributed by atoms with Crippen molar-refractivity contribution in [1.82, 2.24) is 9.80 Å². The number of carbonyl (C=O) groups is 10. The highest BCUT2D eigenvalue weighted by Crippen LogP contribution is 2.50. The predicted octanol–water partition coefficient (Wildman–Crippen LogP) is 4.31. The number of halogens is 10. The molecule has 0 aromatic heterocycles. The van der Waals surface area contributed by atoms with E-state index in [1.54, 1.807) is 6.92 Å². The number of rotatable bonds is 1. The zero-order valence-corrected chi connectivity index (χ0v) is 34.1. The van der Waals surface area contributed by atoms with Crippen molar-refractivity contribution in [3.05, 3.63) is 0 Å². The Morgan fingerprint density at radius 1 is 0.533 bits per heavy atom. The second-order valence-electron chi connectivity index (χ2n) is 15.5. The summed E-state index contributed by atoms with van der Waals surface area (Å²) in [7, 11) is 2.13. The second kappa shape index (κ2) is 16.5. The smallest absolute Gasteiger partial charge is 0.393 e. The van der Waals surface area contributed by atoms with E-state index in [4.69, 9.17) is 0 Å². The second-order valence-corrected chi connectivity index (χ2v) is 15.5. The lowest BCUT2D eigenvalue weighted by Crippen LogP contribution is -2.45. The van der Waals surface area contributed by atoms with Crippen LogP contribution in [0.15, 0.2) is 0 Å². The number of ether oxygens (including phenoxy) is 3. The van der Waals surface area contributed by atoms with Gasteiger partial charge in [0, 0.05) is 14.1 Å². The first-order valence-corrected chi connectivity index (χ1v) is 17.3. The summed E-state index contributed by atoms with van der Waals surface area (Å²) in [6.07, 6.45) is -8.54. The molecule has 25 heteroatoms. The molecule has 0 aliphatic carbocycles. The van der Waals surface area contributed by atoms with Gasteiger partial charge in [0.15, 0.2) is 10.8 Å². The van der Waals surface area contributed by atoms with Crippen LogP contribution in [0.3, 0.4) is 0 Å². The number of nitrogens with zero attached hydrogens (tertiary/aromatic N) is 2. The maximum Gasteiger partial charge on any atom is 0.405 e. The Morgan fingerprint density at radius 2 is 0.917 bits per heavy atom. The van der Waals surface area contributed by atoms with E-state index in [0.717, 1.165) is 48.7 Å². The molecule has 5 heterocycles. The number of hydrogen-bond acceptors (Lipinski definition) is 13. The number of amides is 4. The van der Waals surface area contributed by atoms with Gasteiger partial charge in [0.05, 0.1) is 23.7 Å². The van der Waals surface area contributed by atoms with Gasteiger partial charge in [0.1, 0.15) is 0 Å². The Bertz CT molecular complexity index is 1810. The SMILES string of the molecule is CC1(F)C(=O)OC(=O)C1(C)F.CC1C(=O)N(C)C(=O)C1(C)C(F)(F)F.CC1C(=O)OC(=O)C1(C)C(F)(F)F.CCC1(C)CC(=O)OC1=O.CN1C(=O)C(C)(F)C(C)(F)C1=O. The summed E-state index contributed by atoms with van der Waals surface area (Å²) in [5.74, 6) is -13.4. The van der Waals surface area contributed by atoms with Crippen molar-refractivity contribution in [2.24, 2.45) is 28.1 Å². The molecule has 0 saturated carbocycles. The highest BCUT2D eigenvalue weighted by atomic mass is 19.4. The van der Waals surface area contributed by atoms with Gasteiger partial charge in [0.25, 0.3) is 11.8 Å². The average Bonchev–Trinajstić information content (AvgIpc) is 3.65. The third-order valence-corrected chi connectivity index (χ3v) is 11.5. The number of likely N-dealkylation sites (tertiary alicyclic amines) is 2. The summed E-state index contributed by atoms with van der Waals surface area (Å²) in [6.45, 7) is 10.1. The molecule has 0 bridgehead atoms. The van der Waals surface area contributed by atoms with Gasteiger partial charge >= 0.3 is 48.2 Å². The van der Waals surface area contributed by atoms with Crippen molar-refractivity contribution in [2.45, 2.75) is 117 Å². The van der Waals surface area contributed by atoms with E-state index in [9.17, 15) is 91.8 Å². The fourth-order valence-corrected chi connectivity index (χ4v) is 5.30. The van der Waals surface area contributed by atoms with Crippen LogP contribution in [0, 0.1) is 28.1 Å². The fourth-order valence-electron chi connectivity index (χ4n) is 5.30. The molecular formula is C35H42F10N2O13. The number of imide groups is 2. The van der Waals surface area contributed by atoms with Crippen molar-refractivity contribution in [1.29, 1.82) is 0 Å². The minimum Gasteiger partial charge on any atom is -0.393 e. The van der Waals surface area contributed by atoms with E-state index in [0.29, 0.717) is 37.0 Å². The summed E-state index contributed by atoms with van der Waals surface area (Å²) >= 11 is 0. The molecule has 0 radical (unpaired) electrons. The average molecular weight is 889 g/mol. The minimum atomic E-state index is -4.75. The molecule has 340 valence electrons. The van der Waals surface area contributed by atoms with Gasteiger partial charge in [-0.1, -0.05) is 20.8 Å². The quantitative estimate of drug-likeness (QED) is 0.119. The normalized spacial score (nSPS) is 37.6. The number of cyclic esters (lactones) is 6. The van der Waals surface area contributed by atoms with Gasteiger partial charge in [-0.05, 0) is 54.9 Å². The molecule has 5 aliphatic rings. The third kappa shape index (κ3) is 8.61. The van der Waals surface area contributed by atoms with E-state index >= 15 is 0 Å². The van der Waals surface area contributed by atoms with E-state index in [1.165, 1.54) is 0 Å². The van der Waals surface area contributed by atoms with Crippen LogP contribution in [-0.2, 0) is 62.2 Å². The monoisotopic (exact) mass is 888 g/mol. The van der Waals surface area contributed by atoms with Crippen molar-refractivity contribution < 1.29 is 106 Å². The lowest BCUT2D eigenvalue weighted by Gasteiger charge is -2.27. The first-order chi connectivity index (χ1) is 26.5. The number of carbonyl (C=O) groups excluding carboxylic acids is 10. The summed E-state index contributed by atoms with van der Waals surface area (Å²) in [5, 5.41) is 0. The number of hydrogen-bond donors (Lipinski definition) is 0. The Balaban J connectivity index is 0.000000377. The van der Waals surface area contributed by atoms with Crippen LogP contribution in [0.25, 0.3) is 0 Å². The number of esters is 6. The molecule has 0 aromatic carbocycles. The molecule has 9 atom stereocenters. The van der Waals surface area contributed by atoms with Crippen molar-refractivity contribution in [3.8, 4) is 0 Å². The van der Waals surface area contributed by atoms with Gasteiger partial charge in [0.2, 0.25) is 34.5 Å². The van der Waals surface area contributed by atoms with Crippen LogP contribution in [0.1, 0.15) is 82.1 Å². The zero-order valence-electron chi connectivity index (χ0n) is 34.1. The minimum absolute atomic E-state index is 0.238. The lowest BCUT2D eigenvalue weighted by atomic mass is 9.79. The molecule has 0 spiro atoms. The van der Waals surface area contributed by atoms with Gasteiger partial charge < -0.3 is 14.2 Å². The van der Waals surface area contributed by atoms with Crippen LogP contribution < -0.4 is 0 Å². The Labute approximate surface area is 334 Å². The Morgan fingerprint density at radius 3 is 1.05 bits per heavy atom. The summed E-state index contributed by atoms with van der Waals surface area (Å²) in [6, 6.07) is 0. The van der Waals surface area contributed by atoms with Crippen LogP contribution in [0.5, 0.6) is 0 Å². The molecule has 5 saturated heterocycles. The molecule has 60 heavy (non-hydrogen) atoms. The highest BCUT2D eigenvalue weighted by molar-refractivity contribution is 6.12. The molecule has 5 fully saturated rings. The Kier molecular flexibility index (Phi) is 14.5. The molecule has 0 aromatic rings. The molecular weight excluding hydrogens is 846 g/mol. The maximum absolute atomic E-state index is 13.3. The summed E-state index contributed by atoms with van der Waals surface area (Å²) in [5.41, 5.74) is -17.0. The van der Waals surface area contributed by atoms with Gasteiger partial charge in [-0.3, -0.25) is 48.2 Å². The van der Waals surface area contributed by atoms with Crippen molar-refractivity contribution in [3.63, 3.8) is 0 Å². The van der Waals surface area contributed by atoms with Crippen LogP contribution in [0.2, 0.25) is 0 Å². The third-order valence-electron chi connectivity index (χ3n) is 11.5. The lowest BCUT2D eigenvalue weighted by molar-refractivity contribution is -0.225. The molecule has 9 unspecified atom stereocenters. The highest BCUT2D eigenvalue weighted by Gasteiger charge is 2.69. The first kappa shape index (κ1) is 53.0. The van der Waals surface area contributed by atoms with Gasteiger partial charge in [-0.25, -0.2) is 27.2 Å². The van der Waals surface area contributed by atoms with Crippen LogP contribution >= 0.6 is 0 Å².